The molecule has 0 radical (unpaired) electrons. The van der Waals surface area contributed by atoms with Gasteiger partial charge in [-0.2, -0.15) is 0 Å². The van der Waals surface area contributed by atoms with E-state index in [0.717, 1.165) is 18.5 Å². The van der Waals surface area contributed by atoms with Crippen molar-refractivity contribution in [2.45, 2.75) is 19.3 Å². The standard InChI is InChI=1S/C11H13NO3/c1-12-6-7(11(14)15-2)10-8(12)4-3-5-9(10)13/h6H,3-5H2,1-2H3. The Morgan fingerprint density at radius 2 is 2.20 bits per heavy atom. The molecular weight excluding hydrogens is 194 g/mol. The van der Waals surface area contributed by atoms with Crippen molar-refractivity contribution < 1.29 is 14.3 Å². The van der Waals surface area contributed by atoms with Crippen molar-refractivity contribution in [1.29, 1.82) is 0 Å². The number of nitrogens with zero attached hydrogens (tertiary/aromatic N) is 1. The SMILES string of the molecule is COC(=O)c1cn(C)c2c1C(=O)CCC2. The van der Waals surface area contributed by atoms with Crippen LogP contribution in [-0.4, -0.2) is 23.4 Å². The minimum absolute atomic E-state index is 0.0530. The van der Waals surface area contributed by atoms with Gasteiger partial charge < -0.3 is 9.30 Å². The summed E-state index contributed by atoms with van der Waals surface area (Å²) in [4.78, 5) is 23.2. The van der Waals surface area contributed by atoms with Crippen LogP contribution in [0.1, 0.15) is 39.3 Å². The number of ether oxygens (including phenoxy) is 1. The Balaban J connectivity index is 2.58. The molecule has 0 N–H and O–H groups in total. The number of hydrogen-bond donors (Lipinski definition) is 0. The Labute approximate surface area is 87.8 Å². The van der Waals surface area contributed by atoms with Gasteiger partial charge in [0.05, 0.1) is 18.2 Å². The molecule has 1 aliphatic carbocycles. The lowest BCUT2D eigenvalue weighted by Crippen LogP contribution is -2.14. The number of hydrogen-bond acceptors (Lipinski definition) is 3. The van der Waals surface area contributed by atoms with E-state index in [1.807, 2.05) is 11.6 Å². The zero-order valence-electron chi connectivity index (χ0n) is 8.87. The van der Waals surface area contributed by atoms with E-state index in [0.29, 0.717) is 17.5 Å². The van der Waals surface area contributed by atoms with Gasteiger partial charge in [0.2, 0.25) is 0 Å². The largest absolute Gasteiger partial charge is 0.465 e. The van der Waals surface area contributed by atoms with Crippen LogP contribution in [-0.2, 0) is 18.2 Å². The summed E-state index contributed by atoms with van der Waals surface area (Å²) in [5, 5.41) is 0. The van der Waals surface area contributed by atoms with Crippen LogP contribution in [0.25, 0.3) is 0 Å². The molecule has 0 bridgehead atoms. The summed E-state index contributed by atoms with van der Waals surface area (Å²) in [7, 11) is 3.18. The lowest BCUT2D eigenvalue weighted by molar-refractivity contribution is 0.0596. The highest BCUT2D eigenvalue weighted by molar-refractivity contribution is 6.08. The smallest absolute Gasteiger partial charge is 0.340 e. The fourth-order valence-electron chi connectivity index (χ4n) is 2.09. The Kier molecular flexibility index (Phi) is 2.34. The van der Waals surface area contributed by atoms with Crippen LogP contribution >= 0.6 is 0 Å². The minimum atomic E-state index is -0.429. The molecule has 4 nitrogen and oxygen atoms in total. The summed E-state index contributed by atoms with van der Waals surface area (Å²) < 4.78 is 6.51. The van der Waals surface area contributed by atoms with E-state index in [4.69, 9.17) is 0 Å². The number of carbonyl (C=O) groups excluding carboxylic acids is 2. The fourth-order valence-corrected chi connectivity index (χ4v) is 2.09. The summed E-state index contributed by atoms with van der Waals surface area (Å²) >= 11 is 0. The molecule has 0 aliphatic heterocycles. The molecule has 1 heterocycles. The topological polar surface area (TPSA) is 48.3 Å². The number of aryl methyl sites for hydroxylation is 1. The second kappa shape index (κ2) is 3.53. The van der Waals surface area contributed by atoms with Gasteiger partial charge in [-0.25, -0.2) is 4.79 Å². The molecule has 0 fully saturated rings. The summed E-state index contributed by atoms with van der Waals surface area (Å²) in [5.74, 6) is -0.376. The van der Waals surface area contributed by atoms with Crippen LogP contribution < -0.4 is 0 Å². The molecule has 2 rings (SSSR count). The number of esters is 1. The predicted octanol–water partition coefficient (Wildman–Crippen LogP) is 1.33. The van der Waals surface area contributed by atoms with E-state index >= 15 is 0 Å². The predicted molar refractivity (Wildman–Crippen MR) is 54.0 cm³/mol. The Morgan fingerprint density at radius 1 is 1.47 bits per heavy atom. The van der Waals surface area contributed by atoms with Crippen LogP contribution in [0.3, 0.4) is 0 Å². The molecule has 1 aliphatic rings. The molecule has 1 aromatic rings. The maximum absolute atomic E-state index is 11.7. The van der Waals surface area contributed by atoms with E-state index < -0.39 is 5.97 Å². The number of fused-ring (bicyclic) bond motifs is 1. The lowest BCUT2D eigenvalue weighted by Gasteiger charge is -2.12. The molecule has 0 unspecified atom stereocenters. The molecule has 0 spiro atoms. The summed E-state index contributed by atoms with van der Waals surface area (Å²) in [6, 6.07) is 0. The molecule has 15 heavy (non-hydrogen) atoms. The third kappa shape index (κ3) is 1.46. The van der Waals surface area contributed by atoms with Gasteiger partial charge in [-0.15, -0.1) is 0 Å². The fraction of sp³-hybridized carbons (Fsp3) is 0.455. The first-order chi connectivity index (χ1) is 7.15. The van der Waals surface area contributed by atoms with Crippen molar-refractivity contribution >= 4 is 11.8 Å². The number of rotatable bonds is 1. The molecular formula is C11H13NO3. The third-order valence-electron chi connectivity index (χ3n) is 2.81. The Morgan fingerprint density at radius 3 is 2.87 bits per heavy atom. The summed E-state index contributed by atoms with van der Waals surface area (Å²) in [6.07, 6.45) is 3.93. The van der Waals surface area contributed by atoms with E-state index in [1.54, 1.807) is 6.20 Å². The first kappa shape index (κ1) is 9.96. The molecule has 0 amide bonds. The van der Waals surface area contributed by atoms with Crippen LogP contribution in [0.4, 0.5) is 0 Å². The van der Waals surface area contributed by atoms with Crippen molar-refractivity contribution in [3.63, 3.8) is 0 Å². The third-order valence-corrected chi connectivity index (χ3v) is 2.81. The zero-order chi connectivity index (χ0) is 11.0. The van der Waals surface area contributed by atoms with Crippen LogP contribution in [0.5, 0.6) is 0 Å². The number of aromatic nitrogens is 1. The first-order valence-electron chi connectivity index (χ1n) is 4.95. The van der Waals surface area contributed by atoms with Crippen molar-refractivity contribution in [2.24, 2.45) is 7.05 Å². The monoisotopic (exact) mass is 207 g/mol. The number of methoxy groups -OCH3 is 1. The Hall–Kier alpha value is -1.58. The first-order valence-corrected chi connectivity index (χ1v) is 4.95. The number of carbonyl (C=O) groups is 2. The van der Waals surface area contributed by atoms with Crippen molar-refractivity contribution in [3.8, 4) is 0 Å². The van der Waals surface area contributed by atoms with Gasteiger partial charge in [-0.05, 0) is 12.8 Å². The Bertz CT molecular complexity index is 431. The van der Waals surface area contributed by atoms with E-state index in [-0.39, 0.29) is 5.78 Å². The van der Waals surface area contributed by atoms with Crippen LogP contribution in [0.15, 0.2) is 6.20 Å². The van der Waals surface area contributed by atoms with Gasteiger partial charge in [-0.1, -0.05) is 0 Å². The summed E-state index contributed by atoms with van der Waals surface area (Å²) in [6.45, 7) is 0. The molecule has 0 atom stereocenters. The highest BCUT2D eigenvalue weighted by Crippen LogP contribution is 2.26. The van der Waals surface area contributed by atoms with Gasteiger partial charge in [0.25, 0.3) is 0 Å². The quantitative estimate of drug-likeness (QED) is 0.653. The highest BCUT2D eigenvalue weighted by atomic mass is 16.5. The summed E-state index contributed by atoms with van der Waals surface area (Å²) in [5.41, 5.74) is 1.92. The van der Waals surface area contributed by atoms with Gasteiger partial charge in [0, 0.05) is 25.4 Å². The van der Waals surface area contributed by atoms with Crippen molar-refractivity contribution in [1.82, 2.24) is 4.57 Å². The lowest BCUT2D eigenvalue weighted by atomic mass is 9.94. The average molecular weight is 207 g/mol. The van der Waals surface area contributed by atoms with Gasteiger partial charge in [-0.3, -0.25) is 4.79 Å². The van der Waals surface area contributed by atoms with Crippen LogP contribution in [0, 0.1) is 0 Å². The van der Waals surface area contributed by atoms with E-state index in [1.165, 1.54) is 7.11 Å². The van der Waals surface area contributed by atoms with E-state index in [2.05, 4.69) is 4.74 Å². The van der Waals surface area contributed by atoms with Crippen LogP contribution in [0.2, 0.25) is 0 Å². The van der Waals surface area contributed by atoms with Crippen molar-refractivity contribution in [2.75, 3.05) is 7.11 Å². The van der Waals surface area contributed by atoms with Gasteiger partial charge in [0.15, 0.2) is 5.78 Å². The second-order valence-corrected chi connectivity index (χ2v) is 3.74. The minimum Gasteiger partial charge on any atom is -0.465 e. The highest BCUT2D eigenvalue weighted by Gasteiger charge is 2.27. The van der Waals surface area contributed by atoms with Gasteiger partial charge in [0.1, 0.15) is 0 Å². The maximum atomic E-state index is 11.7. The molecule has 0 saturated carbocycles. The molecule has 0 aromatic carbocycles. The van der Waals surface area contributed by atoms with Crippen molar-refractivity contribution in [3.05, 3.63) is 23.0 Å². The maximum Gasteiger partial charge on any atom is 0.340 e. The number of ketones is 1. The van der Waals surface area contributed by atoms with E-state index in [9.17, 15) is 9.59 Å². The molecule has 1 aromatic heterocycles. The molecule has 4 heteroatoms. The average Bonchev–Trinajstić information content (AvgIpc) is 2.57. The zero-order valence-corrected chi connectivity index (χ0v) is 8.87. The molecule has 80 valence electrons. The molecule has 0 saturated heterocycles. The van der Waals surface area contributed by atoms with Gasteiger partial charge >= 0.3 is 5.97 Å². The normalized spacial score (nSPS) is 14.9. The second-order valence-electron chi connectivity index (χ2n) is 3.74. The number of Topliss-reactive ketones (excluding diaryl/α,β-unsaturated/α-hetero) is 1.